The monoisotopic (exact) mass is 293 g/mol. The lowest BCUT2D eigenvalue weighted by atomic mass is 10.1. The van der Waals surface area contributed by atoms with Crippen LogP contribution < -0.4 is 10.6 Å². The average molecular weight is 293 g/mol. The average Bonchev–Trinajstić information content (AvgIpc) is 2.92. The number of carbonyl (C=O) groups is 1. The Morgan fingerprint density at radius 3 is 2.67 bits per heavy atom. The number of amides is 1. The molecule has 1 heterocycles. The molecule has 21 heavy (non-hydrogen) atoms. The largest absolute Gasteiger partial charge is 0.355 e. The molecule has 2 N–H and O–H groups in total. The van der Waals surface area contributed by atoms with Crippen LogP contribution >= 0.6 is 0 Å². The van der Waals surface area contributed by atoms with Crippen molar-refractivity contribution in [3.05, 3.63) is 24.0 Å². The first-order chi connectivity index (χ1) is 10.2. The Bertz CT molecular complexity index is 400. The van der Waals surface area contributed by atoms with Crippen molar-refractivity contribution >= 4 is 5.91 Å². The molecule has 4 heteroatoms. The van der Waals surface area contributed by atoms with Gasteiger partial charge in [-0.1, -0.05) is 33.6 Å². The molecule has 1 aromatic heterocycles. The Kier molecular flexibility index (Phi) is 8.83. The molecule has 1 amide bonds. The maximum Gasteiger partial charge on any atom is 0.239 e. The smallest absolute Gasteiger partial charge is 0.239 e. The zero-order valence-electron chi connectivity index (χ0n) is 13.8. The maximum atomic E-state index is 11.8. The number of nitrogens with zero attached hydrogens (tertiary/aromatic N) is 1. The van der Waals surface area contributed by atoms with Crippen molar-refractivity contribution in [3.63, 3.8) is 0 Å². The van der Waals surface area contributed by atoms with Crippen molar-refractivity contribution < 1.29 is 4.79 Å². The fraction of sp³-hybridized carbons (Fsp3) is 0.706. The summed E-state index contributed by atoms with van der Waals surface area (Å²) in [6.45, 7) is 8.74. The van der Waals surface area contributed by atoms with Gasteiger partial charge in [0.2, 0.25) is 5.91 Å². The molecule has 0 spiro atoms. The molecule has 0 aromatic carbocycles. The number of hydrogen-bond acceptors (Lipinski definition) is 2. The molecule has 1 aromatic rings. The SMILES string of the molecule is CCCCNC(=O)Cn1ccc(C(CCC)NCCC)c1. The summed E-state index contributed by atoms with van der Waals surface area (Å²) in [6.07, 6.45) is 9.68. The van der Waals surface area contributed by atoms with Gasteiger partial charge in [0.05, 0.1) is 0 Å². The lowest BCUT2D eigenvalue weighted by Crippen LogP contribution is -2.28. The van der Waals surface area contributed by atoms with E-state index < -0.39 is 0 Å². The minimum atomic E-state index is 0.0964. The molecular formula is C17H31N3O. The van der Waals surface area contributed by atoms with Gasteiger partial charge >= 0.3 is 0 Å². The number of hydrogen-bond donors (Lipinski definition) is 2. The summed E-state index contributed by atoms with van der Waals surface area (Å²) in [7, 11) is 0. The molecule has 1 unspecified atom stereocenters. The quantitative estimate of drug-likeness (QED) is 0.615. The van der Waals surface area contributed by atoms with E-state index in [9.17, 15) is 4.79 Å². The molecule has 4 nitrogen and oxygen atoms in total. The number of nitrogens with one attached hydrogen (secondary N) is 2. The van der Waals surface area contributed by atoms with Crippen LogP contribution in [-0.2, 0) is 11.3 Å². The molecule has 0 radical (unpaired) electrons. The van der Waals surface area contributed by atoms with Crippen LogP contribution in [0.1, 0.15) is 64.5 Å². The molecule has 0 bridgehead atoms. The normalized spacial score (nSPS) is 12.3. The van der Waals surface area contributed by atoms with Crippen LogP contribution in [0, 0.1) is 0 Å². The summed E-state index contributed by atoms with van der Waals surface area (Å²) in [5, 5.41) is 6.54. The fourth-order valence-electron chi connectivity index (χ4n) is 2.38. The zero-order chi connectivity index (χ0) is 15.5. The molecule has 0 saturated carbocycles. The molecule has 0 fully saturated rings. The van der Waals surface area contributed by atoms with E-state index >= 15 is 0 Å². The second kappa shape index (κ2) is 10.4. The molecule has 0 aliphatic carbocycles. The van der Waals surface area contributed by atoms with Gasteiger partial charge in [0, 0.05) is 25.0 Å². The molecule has 1 atom stereocenters. The fourth-order valence-corrected chi connectivity index (χ4v) is 2.38. The van der Waals surface area contributed by atoms with Gasteiger partial charge in [0.1, 0.15) is 6.54 Å². The van der Waals surface area contributed by atoms with E-state index in [1.54, 1.807) is 0 Å². The van der Waals surface area contributed by atoms with Crippen molar-refractivity contribution in [1.29, 1.82) is 0 Å². The first kappa shape index (κ1) is 17.8. The van der Waals surface area contributed by atoms with Gasteiger partial charge in [-0.05, 0) is 37.4 Å². The van der Waals surface area contributed by atoms with Crippen molar-refractivity contribution in [2.24, 2.45) is 0 Å². The Hall–Kier alpha value is -1.29. The molecule has 0 saturated heterocycles. The summed E-state index contributed by atoms with van der Waals surface area (Å²) in [4.78, 5) is 11.8. The number of rotatable bonds is 11. The van der Waals surface area contributed by atoms with Gasteiger partial charge in [-0.3, -0.25) is 4.79 Å². The molecule has 120 valence electrons. The van der Waals surface area contributed by atoms with Gasteiger partial charge in [0.25, 0.3) is 0 Å². The molecular weight excluding hydrogens is 262 g/mol. The van der Waals surface area contributed by atoms with Crippen LogP contribution in [0.5, 0.6) is 0 Å². The summed E-state index contributed by atoms with van der Waals surface area (Å²) >= 11 is 0. The Morgan fingerprint density at radius 1 is 1.19 bits per heavy atom. The van der Waals surface area contributed by atoms with Crippen LogP contribution in [-0.4, -0.2) is 23.6 Å². The Labute approximate surface area is 129 Å². The summed E-state index contributed by atoms with van der Waals surface area (Å²) in [5.74, 6) is 0.0964. The van der Waals surface area contributed by atoms with Crippen LogP contribution in [0.3, 0.4) is 0 Å². The topological polar surface area (TPSA) is 46.1 Å². The standard InChI is InChI=1S/C17H31N3O/c1-4-7-11-19-17(21)14-20-12-9-15(13-20)16(8-5-2)18-10-6-3/h9,12-13,16,18H,4-8,10-11,14H2,1-3H3,(H,19,21). The third-order valence-electron chi connectivity index (χ3n) is 3.57. The van der Waals surface area contributed by atoms with E-state index in [4.69, 9.17) is 0 Å². The highest BCUT2D eigenvalue weighted by Crippen LogP contribution is 2.18. The molecule has 0 aliphatic rings. The summed E-state index contributed by atoms with van der Waals surface area (Å²) in [5.41, 5.74) is 1.28. The van der Waals surface area contributed by atoms with Gasteiger partial charge in [-0.15, -0.1) is 0 Å². The van der Waals surface area contributed by atoms with Crippen LogP contribution in [0.4, 0.5) is 0 Å². The minimum Gasteiger partial charge on any atom is -0.355 e. The maximum absolute atomic E-state index is 11.8. The van der Waals surface area contributed by atoms with E-state index in [1.165, 1.54) is 5.56 Å². The second-order valence-electron chi connectivity index (χ2n) is 5.62. The van der Waals surface area contributed by atoms with E-state index in [2.05, 4.69) is 43.7 Å². The van der Waals surface area contributed by atoms with Crippen molar-refractivity contribution in [1.82, 2.24) is 15.2 Å². The van der Waals surface area contributed by atoms with Crippen molar-refractivity contribution in [3.8, 4) is 0 Å². The first-order valence-corrected chi connectivity index (χ1v) is 8.37. The Balaban J connectivity index is 2.51. The van der Waals surface area contributed by atoms with E-state index in [1.807, 2.05) is 10.8 Å². The second-order valence-corrected chi connectivity index (χ2v) is 5.62. The summed E-state index contributed by atoms with van der Waals surface area (Å²) in [6, 6.07) is 2.53. The van der Waals surface area contributed by atoms with E-state index in [0.29, 0.717) is 12.6 Å². The number of aromatic nitrogens is 1. The predicted octanol–water partition coefficient (Wildman–Crippen LogP) is 3.25. The summed E-state index contributed by atoms with van der Waals surface area (Å²) < 4.78 is 1.98. The van der Waals surface area contributed by atoms with Gasteiger partial charge < -0.3 is 15.2 Å². The van der Waals surface area contributed by atoms with E-state index in [-0.39, 0.29) is 5.91 Å². The lowest BCUT2D eigenvalue weighted by molar-refractivity contribution is -0.121. The highest BCUT2D eigenvalue weighted by atomic mass is 16.1. The van der Waals surface area contributed by atoms with Crippen LogP contribution in [0.2, 0.25) is 0 Å². The van der Waals surface area contributed by atoms with Crippen LogP contribution in [0.25, 0.3) is 0 Å². The number of unbranched alkanes of at least 4 members (excludes halogenated alkanes) is 1. The molecule has 0 aliphatic heterocycles. The first-order valence-electron chi connectivity index (χ1n) is 8.37. The minimum absolute atomic E-state index is 0.0964. The van der Waals surface area contributed by atoms with Gasteiger partial charge in [0.15, 0.2) is 0 Å². The van der Waals surface area contributed by atoms with Crippen molar-refractivity contribution in [2.75, 3.05) is 13.1 Å². The highest BCUT2D eigenvalue weighted by Gasteiger charge is 2.11. The lowest BCUT2D eigenvalue weighted by Gasteiger charge is -2.16. The molecule has 1 rings (SSSR count). The van der Waals surface area contributed by atoms with Crippen molar-refractivity contribution in [2.45, 2.75) is 65.5 Å². The number of carbonyl (C=O) groups excluding carboxylic acids is 1. The zero-order valence-corrected chi connectivity index (χ0v) is 13.8. The van der Waals surface area contributed by atoms with Gasteiger partial charge in [-0.25, -0.2) is 0 Å². The highest BCUT2D eigenvalue weighted by molar-refractivity contribution is 5.75. The van der Waals surface area contributed by atoms with Gasteiger partial charge in [-0.2, -0.15) is 0 Å². The Morgan fingerprint density at radius 2 is 2.00 bits per heavy atom. The predicted molar refractivity (Wildman–Crippen MR) is 88.3 cm³/mol. The van der Waals surface area contributed by atoms with Crippen LogP contribution in [0.15, 0.2) is 18.5 Å². The third-order valence-corrected chi connectivity index (χ3v) is 3.57. The third kappa shape index (κ3) is 6.80. The van der Waals surface area contributed by atoms with E-state index in [0.717, 1.165) is 45.2 Å².